The molecule has 0 spiro atoms. The number of hydrogen-bond acceptors (Lipinski definition) is 2. The number of carbonyl (C=O) groups excluding carboxylic acids is 1. The van der Waals surface area contributed by atoms with Gasteiger partial charge in [-0.3, -0.25) is 0 Å². The van der Waals surface area contributed by atoms with Crippen LogP contribution in [-0.4, -0.2) is 5.97 Å². The lowest BCUT2D eigenvalue weighted by Gasteiger charge is -2.13. The van der Waals surface area contributed by atoms with Crippen molar-refractivity contribution in [2.24, 2.45) is 0 Å². The Kier molecular flexibility index (Phi) is 6.58. The first-order chi connectivity index (χ1) is 8.31. The van der Waals surface area contributed by atoms with Crippen LogP contribution in [0.1, 0.15) is 13.8 Å². The lowest BCUT2D eigenvalue weighted by Crippen LogP contribution is -2.10. The summed E-state index contributed by atoms with van der Waals surface area (Å²) in [6.07, 6.45) is 1.70. The first-order valence-electron chi connectivity index (χ1n) is 4.67. The van der Waals surface area contributed by atoms with Crippen LogP contribution in [0.4, 0.5) is 0 Å². The van der Waals surface area contributed by atoms with Gasteiger partial charge in [0.15, 0.2) is 5.75 Å². The second-order valence-electron chi connectivity index (χ2n) is 3.26. The zero-order valence-electron chi connectivity index (χ0n) is 9.28. The van der Waals surface area contributed by atoms with Gasteiger partial charge in [-0.25, -0.2) is 4.79 Å². The van der Waals surface area contributed by atoms with Crippen LogP contribution in [0.3, 0.4) is 0 Å². The molecule has 0 N–H and O–H groups in total. The van der Waals surface area contributed by atoms with Crippen LogP contribution in [0.15, 0.2) is 34.0 Å². The minimum Gasteiger partial charge on any atom is -0.421 e. The number of ether oxygens (including phenoxy) is 1. The molecule has 2 nitrogen and oxygen atoms in total. The van der Waals surface area contributed by atoms with Gasteiger partial charge in [0.25, 0.3) is 0 Å². The summed E-state index contributed by atoms with van der Waals surface area (Å²) in [5.41, 5.74) is 0.545. The van der Waals surface area contributed by atoms with E-state index in [-0.39, 0.29) is 5.97 Å². The number of rotatable bonds is 2. The van der Waals surface area contributed by atoms with Crippen molar-refractivity contribution < 1.29 is 9.53 Å². The molecule has 0 aliphatic rings. The molecule has 0 fully saturated rings. The lowest BCUT2D eigenvalue weighted by molar-refractivity contribution is -0.130. The summed E-state index contributed by atoms with van der Waals surface area (Å²) < 4.78 is 9.02. The van der Waals surface area contributed by atoms with Crippen molar-refractivity contribution in [3.05, 3.63) is 34.0 Å². The summed E-state index contributed by atoms with van der Waals surface area (Å²) in [4.78, 5) is 11.8. The highest BCUT2D eigenvalue weighted by Crippen LogP contribution is 2.48. The number of allylic oxidation sites excluding steroid dienone is 1. The highest BCUT2D eigenvalue weighted by Gasteiger charge is 2.21. The van der Waals surface area contributed by atoms with E-state index in [9.17, 15) is 4.79 Å². The van der Waals surface area contributed by atoms with E-state index < -0.39 is 0 Å². The van der Waals surface area contributed by atoms with Crippen molar-refractivity contribution in [3.63, 3.8) is 0 Å². The molecule has 1 rings (SSSR count). The molecule has 0 saturated carbocycles. The number of halogens is 5. The highest BCUT2D eigenvalue weighted by molar-refractivity contribution is 9.15. The maximum Gasteiger partial charge on any atom is 0.338 e. The molecule has 0 aliphatic carbocycles. The summed E-state index contributed by atoms with van der Waals surface area (Å²) in [6, 6.07) is 0. The fourth-order valence-corrected chi connectivity index (χ4v) is 4.14. The van der Waals surface area contributed by atoms with E-state index in [1.165, 1.54) is 0 Å². The van der Waals surface area contributed by atoms with Crippen LogP contribution in [0, 0.1) is 0 Å². The second kappa shape index (κ2) is 7.02. The molecular formula is C11H7Br5O2. The van der Waals surface area contributed by atoms with Crippen LogP contribution in [-0.2, 0) is 4.79 Å². The highest BCUT2D eigenvalue weighted by atomic mass is 79.9. The number of hydrogen-bond donors (Lipinski definition) is 0. The summed E-state index contributed by atoms with van der Waals surface area (Å²) in [6.45, 7) is 3.49. The van der Waals surface area contributed by atoms with Gasteiger partial charge < -0.3 is 4.74 Å². The Labute approximate surface area is 147 Å². The van der Waals surface area contributed by atoms with Gasteiger partial charge in [-0.15, -0.1) is 0 Å². The van der Waals surface area contributed by atoms with Gasteiger partial charge in [0, 0.05) is 10.0 Å². The SMILES string of the molecule is CC=C(C)C(=O)Oc1c(Br)c(Br)c(Br)c(Br)c1Br. The zero-order chi connectivity index (χ0) is 14.0. The molecule has 1 aromatic rings. The first kappa shape index (κ1) is 16.9. The molecule has 0 unspecified atom stereocenters. The van der Waals surface area contributed by atoms with E-state index in [4.69, 9.17) is 4.74 Å². The molecule has 7 heteroatoms. The minimum absolute atomic E-state index is 0.389. The van der Waals surface area contributed by atoms with Crippen LogP contribution >= 0.6 is 79.6 Å². The molecule has 0 bridgehead atoms. The summed E-state index contributed by atoms with van der Waals surface area (Å²) >= 11 is 17.0. The molecule has 0 saturated heterocycles. The second-order valence-corrected chi connectivity index (χ2v) is 7.23. The van der Waals surface area contributed by atoms with E-state index >= 15 is 0 Å². The van der Waals surface area contributed by atoms with Crippen LogP contribution < -0.4 is 4.74 Å². The maximum absolute atomic E-state index is 11.8. The Hall–Kier alpha value is 0.830. The van der Waals surface area contributed by atoms with Gasteiger partial charge in [0.1, 0.15) is 0 Å². The van der Waals surface area contributed by atoms with Crippen molar-refractivity contribution >= 4 is 85.6 Å². The van der Waals surface area contributed by atoms with Gasteiger partial charge >= 0.3 is 5.97 Å². The molecule has 0 aliphatic heterocycles. The third-order valence-corrected chi connectivity index (χ3v) is 8.14. The summed E-state index contributed by atoms with van der Waals surface area (Å²) in [5, 5.41) is 0. The van der Waals surface area contributed by atoms with E-state index in [2.05, 4.69) is 79.6 Å². The Balaban J connectivity index is 3.31. The topological polar surface area (TPSA) is 26.3 Å². The molecule has 0 amide bonds. The summed E-state index contributed by atoms with van der Waals surface area (Å²) in [5.74, 6) is 0.0307. The molecule has 0 radical (unpaired) electrons. The monoisotopic (exact) mass is 566 g/mol. The van der Waals surface area contributed by atoms with Gasteiger partial charge in [-0.2, -0.15) is 0 Å². The Morgan fingerprint density at radius 1 is 0.944 bits per heavy atom. The maximum atomic E-state index is 11.8. The van der Waals surface area contributed by atoms with Crippen LogP contribution in [0.2, 0.25) is 0 Å². The average Bonchev–Trinajstić information content (AvgIpc) is 2.37. The van der Waals surface area contributed by atoms with Crippen LogP contribution in [0.25, 0.3) is 0 Å². The molecule has 0 atom stereocenters. The van der Waals surface area contributed by atoms with Crippen molar-refractivity contribution in [3.8, 4) is 5.75 Å². The smallest absolute Gasteiger partial charge is 0.338 e. The molecule has 18 heavy (non-hydrogen) atoms. The lowest BCUT2D eigenvalue weighted by atomic mass is 10.3. The van der Waals surface area contributed by atoms with Gasteiger partial charge in [0.05, 0.1) is 17.9 Å². The zero-order valence-corrected chi connectivity index (χ0v) is 17.2. The van der Waals surface area contributed by atoms with Crippen molar-refractivity contribution in [2.45, 2.75) is 13.8 Å². The Bertz CT molecular complexity index is 508. The van der Waals surface area contributed by atoms with Crippen molar-refractivity contribution in [1.29, 1.82) is 0 Å². The Morgan fingerprint density at radius 3 is 1.72 bits per heavy atom. The fraction of sp³-hybridized carbons (Fsp3) is 0.182. The molecule has 0 heterocycles. The van der Waals surface area contributed by atoms with Crippen molar-refractivity contribution in [2.75, 3.05) is 0 Å². The van der Waals surface area contributed by atoms with Gasteiger partial charge in [-0.05, 0) is 93.5 Å². The van der Waals surface area contributed by atoms with Crippen molar-refractivity contribution in [1.82, 2.24) is 0 Å². The summed E-state index contributed by atoms with van der Waals surface area (Å²) in [7, 11) is 0. The third-order valence-electron chi connectivity index (χ3n) is 2.12. The minimum atomic E-state index is -0.389. The quantitative estimate of drug-likeness (QED) is 0.136. The Morgan fingerprint density at radius 2 is 1.33 bits per heavy atom. The van der Waals surface area contributed by atoms with Gasteiger partial charge in [0.2, 0.25) is 0 Å². The average molecular weight is 571 g/mol. The van der Waals surface area contributed by atoms with E-state index in [1.54, 1.807) is 19.9 Å². The fourth-order valence-electron chi connectivity index (χ4n) is 0.965. The molecule has 1 aromatic carbocycles. The largest absolute Gasteiger partial charge is 0.421 e. The third kappa shape index (κ3) is 3.48. The normalized spacial score (nSPS) is 11.6. The number of esters is 1. The predicted octanol–water partition coefficient (Wildman–Crippen LogP) is 6.37. The van der Waals surface area contributed by atoms with E-state index in [0.717, 1.165) is 13.4 Å². The van der Waals surface area contributed by atoms with Gasteiger partial charge in [-0.1, -0.05) is 6.08 Å². The number of benzene rings is 1. The molecular weight excluding hydrogens is 564 g/mol. The molecule has 0 aromatic heterocycles. The van der Waals surface area contributed by atoms with E-state index in [1.807, 2.05) is 0 Å². The standard InChI is InChI=1S/C11H7Br5O2/c1-3-4(2)11(17)18-10-8(15)6(13)5(12)7(14)9(10)16/h3H,1-2H3. The van der Waals surface area contributed by atoms with Crippen LogP contribution in [0.5, 0.6) is 5.75 Å². The first-order valence-corrected chi connectivity index (χ1v) is 8.64. The number of carbonyl (C=O) groups is 1. The molecule has 98 valence electrons. The predicted molar refractivity (Wildman–Crippen MR) is 90.0 cm³/mol. The van der Waals surface area contributed by atoms with E-state index in [0.29, 0.717) is 20.3 Å².